The molecule has 0 bridgehead atoms. The number of nitrogens with zero attached hydrogens (tertiary/aromatic N) is 7. The van der Waals surface area contributed by atoms with Crippen molar-refractivity contribution in [2.75, 3.05) is 91.8 Å². The second-order valence-corrected chi connectivity index (χ2v) is 17.0. The molecule has 4 N–H and O–H groups in total. The molecule has 4 fully saturated rings. The molecule has 0 spiro atoms. The summed E-state index contributed by atoms with van der Waals surface area (Å²) >= 11 is 0. The van der Waals surface area contributed by atoms with E-state index in [0.717, 1.165) is 56.4 Å². The summed E-state index contributed by atoms with van der Waals surface area (Å²) in [7, 11) is 2.78. The number of ether oxygens (including phenoxy) is 1. The average molecular weight is 880 g/mol. The summed E-state index contributed by atoms with van der Waals surface area (Å²) in [5.74, 6) is -6.96. The number of halogens is 4. The molecule has 3 aromatic rings. The van der Waals surface area contributed by atoms with Gasteiger partial charge in [0.1, 0.15) is 17.5 Å². The Kier molecular flexibility index (Phi) is 12.9. The molecule has 1 aromatic heterocycles. The van der Waals surface area contributed by atoms with Crippen LogP contribution >= 0.6 is 0 Å². The van der Waals surface area contributed by atoms with Crippen molar-refractivity contribution < 1.29 is 41.5 Å². The van der Waals surface area contributed by atoms with Crippen molar-refractivity contribution in [3.63, 3.8) is 0 Å². The molecule has 2 aromatic carbocycles. The number of amides is 4. The van der Waals surface area contributed by atoms with Gasteiger partial charge in [-0.25, -0.2) is 18.8 Å². The van der Waals surface area contributed by atoms with Gasteiger partial charge in [-0.15, -0.1) is 0 Å². The number of alkyl halides is 2. The minimum atomic E-state index is -3.59. The van der Waals surface area contributed by atoms with Crippen LogP contribution in [-0.4, -0.2) is 128 Å². The molecule has 16 nitrogen and oxygen atoms in total. The first-order valence-corrected chi connectivity index (χ1v) is 21.6. The summed E-state index contributed by atoms with van der Waals surface area (Å²) in [5.41, 5.74) is 4.11. The molecular formula is C43H53F4N11O5. The Balaban J connectivity index is 0.797. The number of methoxy groups -OCH3 is 1. The van der Waals surface area contributed by atoms with Gasteiger partial charge >= 0.3 is 5.92 Å². The molecule has 8 rings (SSSR count). The highest BCUT2D eigenvalue weighted by atomic mass is 19.3. The molecule has 1 atom stereocenters. The average Bonchev–Trinajstić information content (AvgIpc) is 3.81. The van der Waals surface area contributed by atoms with Crippen LogP contribution in [0.15, 0.2) is 36.5 Å². The number of aromatic nitrogens is 2. The van der Waals surface area contributed by atoms with Gasteiger partial charge in [-0.1, -0.05) is 12.8 Å². The first-order chi connectivity index (χ1) is 30.3. The molecule has 63 heavy (non-hydrogen) atoms. The number of benzene rings is 2. The van der Waals surface area contributed by atoms with Crippen molar-refractivity contribution in [2.45, 2.75) is 75.8 Å². The fraction of sp³-hybridized carbons (Fsp3) is 0.535. The number of carbonyl (C=O) groups is 4. The van der Waals surface area contributed by atoms with Crippen LogP contribution in [0.1, 0.15) is 68.1 Å². The standard InChI is InChI=1S/C43H53F4N11O5/c1-54-33-24-48-42(52-38(33)58(28-5-3-4-6-28)25-43(46,47)41(54)62)50-29-8-7-27(23-34(29)63-2)39(60)53-57-17-14-26(15-18-57)13-16-55-19-21-56(22-20-55)32-11-9-30(36(44)37(32)45)49-31-10-12-35(59)51-40(31)61/h7-9,11,23-24,26,28,31,49H,3-6,10,12-22,25H2,1-2H3,(H,53,60)(H,48,50,52)(H,51,59,61). The Hall–Kier alpha value is -5.76. The summed E-state index contributed by atoms with van der Waals surface area (Å²) in [6.07, 6.45) is 7.74. The van der Waals surface area contributed by atoms with Gasteiger partial charge < -0.3 is 30.1 Å². The maximum Gasteiger partial charge on any atom is 0.342 e. The maximum absolute atomic E-state index is 15.2. The van der Waals surface area contributed by atoms with Crippen LogP contribution in [0, 0.1) is 17.6 Å². The van der Waals surface area contributed by atoms with Gasteiger partial charge in [0.25, 0.3) is 11.8 Å². The number of carbonyl (C=O) groups excluding carboxylic acids is 4. The minimum Gasteiger partial charge on any atom is -0.495 e. The highest BCUT2D eigenvalue weighted by molar-refractivity contribution is 6.02. The van der Waals surface area contributed by atoms with Gasteiger partial charge in [-0.3, -0.25) is 34.8 Å². The monoisotopic (exact) mass is 879 g/mol. The number of rotatable bonds is 12. The van der Waals surface area contributed by atoms with Gasteiger partial charge in [-0.05, 0) is 81.3 Å². The lowest BCUT2D eigenvalue weighted by atomic mass is 9.94. The van der Waals surface area contributed by atoms with Gasteiger partial charge in [0.05, 0.1) is 36.9 Å². The molecular weight excluding hydrogens is 827 g/mol. The number of imide groups is 1. The Labute approximate surface area is 362 Å². The molecule has 1 unspecified atom stereocenters. The van der Waals surface area contributed by atoms with E-state index in [4.69, 9.17) is 4.74 Å². The third-order valence-electron chi connectivity index (χ3n) is 12.9. The number of hydrogen-bond donors (Lipinski definition) is 4. The molecule has 5 heterocycles. The lowest BCUT2D eigenvalue weighted by molar-refractivity contribution is -0.140. The van der Waals surface area contributed by atoms with Crippen LogP contribution in [-0.2, 0) is 14.4 Å². The van der Waals surface area contributed by atoms with Gasteiger partial charge in [0, 0.05) is 64.3 Å². The third-order valence-corrected chi connectivity index (χ3v) is 12.9. The second-order valence-electron chi connectivity index (χ2n) is 17.0. The molecule has 20 heteroatoms. The highest BCUT2D eigenvalue weighted by Gasteiger charge is 2.49. The van der Waals surface area contributed by atoms with E-state index in [-0.39, 0.29) is 59.5 Å². The quantitative estimate of drug-likeness (QED) is 0.147. The Bertz CT molecular complexity index is 2210. The van der Waals surface area contributed by atoms with Gasteiger partial charge in [0.2, 0.25) is 17.8 Å². The number of anilines is 6. The first-order valence-electron chi connectivity index (χ1n) is 21.6. The number of fused-ring (bicyclic) bond motifs is 1. The smallest absolute Gasteiger partial charge is 0.342 e. The molecule has 3 saturated heterocycles. The van der Waals surface area contributed by atoms with Gasteiger partial charge in [-0.2, -0.15) is 13.8 Å². The van der Waals surface area contributed by atoms with Crippen LogP contribution in [0.25, 0.3) is 0 Å². The van der Waals surface area contributed by atoms with E-state index in [1.54, 1.807) is 18.2 Å². The lowest BCUT2D eigenvalue weighted by Gasteiger charge is -2.38. The van der Waals surface area contributed by atoms with Crippen LogP contribution in [0.5, 0.6) is 5.75 Å². The van der Waals surface area contributed by atoms with E-state index in [0.29, 0.717) is 62.2 Å². The number of hydrazine groups is 1. The number of nitrogens with one attached hydrogen (secondary N) is 4. The summed E-state index contributed by atoms with van der Waals surface area (Å²) in [4.78, 5) is 65.2. The molecule has 0 radical (unpaired) electrons. The van der Waals surface area contributed by atoms with Crippen LogP contribution in [0.2, 0.25) is 0 Å². The Morgan fingerprint density at radius 1 is 0.921 bits per heavy atom. The van der Waals surface area contributed by atoms with Crippen molar-refractivity contribution in [3.05, 3.63) is 53.7 Å². The number of hydrogen-bond acceptors (Lipinski definition) is 13. The zero-order valence-electron chi connectivity index (χ0n) is 35.4. The Morgan fingerprint density at radius 2 is 1.65 bits per heavy atom. The van der Waals surface area contributed by atoms with E-state index in [9.17, 15) is 19.2 Å². The van der Waals surface area contributed by atoms with Crippen LogP contribution in [0.4, 0.5) is 52.1 Å². The van der Waals surface area contributed by atoms with E-state index in [1.165, 1.54) is 37.4 Å². The van der Waals surface area contributed by atoms with E-state index < -0.39 is 42.0 Å². The fourth-order valence-electron chi connectivity index (χ4n) is 9.19. The van der Waals surface area contributed by atoms with Gasteiger partial charge in [0.15, 0.2) is 17.5 Å². The lowest BCUT2D eigenvalue weighted by Crippen LogP contribution is -2.48. The molecule has 4 amide bonds. The summed E-state index contributed by atoms with van der Waals surface area (Å²) < 4.78 is 66.0. The van der Waals surface area contributed by atoms with Crippen molar-refractivity contribution in [1.82, 2.24) is 30.6 Å². The predicted molar refractivity (Wildman–Crippen MR) is 227 cm³/mol. The van der Waals surface area contributed by atoms with E-state index in [1.807, 2.05) is 9.91 Å². The predicted octanol–water partition coefficient (Wildman–Crippen LogP) is 4.65. The van der Waals surface area contributed by atoms with Crippen LogP contribution < -0.4 is 40.8 Å². The number of piperazine rings is 1. The topological polar surface area (TPSA) is 168 Å². The van der Waals surface area contributed by atoms with Crippen molar-refractivity contribution in [2.24, 2.45) is 5.92 Å². The summed E-state index contributed by atoms with van der Waals surface area (Å²) in [6, 6.07) is 6.89. The second kappa shape index (κ2) is 18.5. The SMILES string of the molecule is COc1cc(C(=O)NN2CCC(CCN3CCN(c4ccc(NC5CCC(=O)NC5=O)c(F)c4F)CC3)CC2)ccc1Nc1ncc2c(n1)N(C1CCCC1)CC(F)(F)C(=O)N2C. The summed E-state index contributed by atoms with van der Waals surface area (Å²) in [6.45, 7) is 3.94. The first kappa shape index (κ1) is 43.9. The van der Waals surface area contributed by atoms with Crippen LogP contribution in [0.3, 0.4) is 0 Å². The maximum atomic E-state index is 15.2. The Morgan fingerprint density at radius 3 is 2.37 bits per heavy atom. The third kappa shape index (κ3) is 9.61. The molecule has 5 aliphatic rings. The number of piperidine rings is 2. The molecule has 4 aliphatic heterocycles. The molecule has 1 saturated carbocycles. The largest absolute Gasteiger partial charge is 0.495 e. The van der Waals surface area contributed by atoms with Crippen molar-refractivity contribution in [3.8, 4) is 5.75 Å². The zero-order chi connectivity index (χ0) is 44.4. The fourth-order valence-corrected chi connectivity index (χ4v) is 9.19. The zero-order valence-corrected chi connectivity index (χ0v) is 35.4. The van der Waals surface area contributed by atoms with E-state index in [2.05, 4.69) is 36.2 Å². The van der Waals surface area contributed by atoms with Crippen molar-refractivity contribution in [1.29, 1.82) is 0 Å². The van der Waals surface area contributed by atoms with E-state index >= 15 is 17.6 Å². The molecule has 1 aliphatic carbocycles. The molecule has 338 valence electrons. The van der Waals surface area contributed by atoms with Crippen molar-refractivity contribution >= 4 is 58.1 Å². The minimum absolute atomic E-state index is 0.117. The normalized spacial score (nSPS) is 21.5. The highest BCUT2D eigenvalue weighted by Crippen LogP contribution is 2.40. The summed E-state index contributed by atoms with van der Waals surface area (Å²) in [5, 5.41) is 9.97.